The fourth-order valence-corrected chi connectivity index (χ4v) is 1.97. The first-order valence-electron chi connectivity index (χ1n) is 5.09. The van der Waals surface area contributed by atoms with E-state index in [-0.39, 0.29) is 0 Å². The summed E-state index contributed by atoms with van der Waals surface area (Å²) in [6.45, 7) is 3.55. The average molecular weight is 206 g/mol. The van der Waals surface area contributed by atoms with E-state index < -0.39 is 5.67 Å². The fraction of sp³-hybridized carbons (Fsp3) is 0.417. The summed E-state index contributed by atoms with van der Waals surface area (Å²) in [7, 11) is 0. The van der Waals surface area contributed by atoms with Gasteiger partial charge in [0.1, 0.15) is 5.67 Å². The van der Waals surface area contributed by atoms with Crippen molar-refractivity contribution in [1.82, 2.24) is 0 Å². The Bertz CT molecular complexity index is 433. The molecule has 0 bridgehead atoms. The van der Waals surface area contributed by atoms with Crippen molar-refractivity contribution in [2.45, 2.75) is 32.4 Å². The molecule has 1 saturated carbocycles. The lowest BCUT2D eigenvalue weighted by Gasteiger charge is -2.15. The van der Waals surface area contributed by atoms with Crippen LogP contribution in [0.25, 0.3) is 0 Å². The standard InChI is InChI=1S/C12H15FN2/c1-7-5-9(12(13)3-4-12)11(8(2)14)10(15)6-7/h5-6,14H,3-4,15H2,1-2H3. The van der Waals surface area contributed by atoms with E-state index in [9.17, 15) is 4.39 Å². The van der Waals surface area contributed by atoms with Crippen molar-refractivity contribution < 1.29 is 4.39 Å². The van der Waals surface area contributed by atoms with Gasteiger partial charge in [-0.05, 0) is 38.3 Å². The number of aryl methyl sites for hydroxylation is 1. The average Bonchev–Trinajstić information content (AvgIpc) is 2.82. The van der Waals surface area contributed by atoms with Gasteiger partial charge in [0, 0.05) is 22.5 Å². The monoisotopic (exact) mass is 206 g/mol. The molecule has 3 N–H and O–H groups in total. The molecule has 0 atom stereocenters. The zero-order valence-corrected chi connectivity index (χ0v) is 9.02. The van der Waals surface area contributed by atoms with Crippen molar-refractivity contribution in [3.63, 3.8) is 0 Å². The first kappa shape index (κ1) is 10.1. The molecule has 0 unspecified atom stereocenters. The van der Waals surface area contributed by atoms with Gasteiger partial charge in [-0.1, -0.05) is 6.07 Å². The molecule has 0 heterocycles. The first-order valence-corrected chi connectivity index (χ1v) is 5.09. The maximum absolute atomic E-state index is 14.1. The van der Waals surface area contributed by atoms with Gasteiger partial charge in [-0.25, -0.2) is 4.39 Å². The maximum atomic E-state index is 14.1. The quantitative estimate of drug-likeness (QED) is 0.567. The lowest BCUT2D eigenvalue weighted by Crippen LogP contribution is -2.11. The number of hydrogen-bond donors (Lipinski definition) is 2. The minimum Gasteiger partial charge on any atom is -0.398 e. The number of alkyl halides is 1. The highest BCUT2D eigenvalue weighted by Crippen LogP contribution is 2.51. The highest BCUT2D eigenvalue weighted by molar-refractivity contribution is 6.02. The van der Waals surface area contributed by atoms with Crippen molar-refractivity contribution in [1.29, 1.82) is 5.41 Å². The third-order valence-corrected chi connectivity index (χ3v) is 2.86. The summed E-state index contributed by atoms with van der Waals surface area (Å²) in [5.41, 5.74) is 7.61. The predicted octanol–water partition coefficient (Wildman–Crippen LogP) is 2.92. The summed E-state index contributed by atoms with van der Waals surface area (Å²) in [5.74, 6) is 0. The van der Waals surface area contributed by atoms with Crippen LogP contribution in [0.15, 0.2) is 12.1 Å². The molecular formula is C12H15FN2. The van der Waals surface area contributed by atoms with Crippen LogP contribution in [-0.2, 0) is 5.67 Å². The van der Waals surface area contributed by atoms with Crippen molar-refractivity contribution in [2.75, 3.05) is 5.73 Å². The van der Waals surface area contributed by atoms with Crippen LogP contribution in [0.5, 0.6) is 0 Å². The third kappa shape index (κ3) is 1.62. The van der Waals surface area contributed by atoms with Gasteiger partial charge in [0.05, 0.1) is 0 Å². The molecule has 80 valence electrons. The minimum absolute atomic E-state index is 0.339. The van der Waals surface area contributed by atoms with Crippen LogP contribution in [-0.4, -0.2) is 5.71 Å². The zero-order chi connectivity index (χ0) is 11.2. The van der Waals surface area contributed by atoms with Crippen LogP contribution < -0.4 is 5.73 Å². The van der Waals surface area contributed by atoms with E-state index in [1.54, 1.807) is 13.0 Å². The van der Waals surface area contributed by atoms with E-state index in [0.29, 0.717) is 35.4 Å². The van der Waals surface area contributed by atoms with Gasteiger partial charge in [0.2, 0.25) is 0 Å². The molecule has 0 saturated heterocycles. The number of nitrogen functional groups attached to an aromatic ring is 1. The number of halogens is 1. The van der Waals surface area contributed by atoms with Gasteiger partial charge in [-0.2, -0.15) is 0 Å². The molecule has 3 heteroatoms. The summed E-state index contributed by atoms with van der Waals surface area (Å²) in [6, 6.07) is 3.61. The Hall–Kier alpha value is -1.38. The summed E-state index contributed by atoms with van der Waals surface area (Å²) >= 11 is 0. The molecule has 0 radical (unpaired) electrons. The lowest BCUT2D eigenvalue weighted by atomic mass is 9.94. The summed E-state index contributed by atoms with van der Waals surface area (Å²) in [6.07, 6.45) is 1.10. The normalized spacial score (nSPS) is 17.5. The van der Waals surface area contributed by atoms with Gasteiger partial charge < -0.3 is 11.1 Å². The summed E-state index contributed by atoms with van der Waals surface area (Å²) < 4.78 is 14.1. The Kier molecular flexibility index (Phi) is 2.07. The van der Waals surface area contributed by atoms with Gasteiger partial charge in [0.15, 0.2) is 0 Å². The summed E-state index contributed by atoms with van der Waals surface area (Å²) in [5, 5.41) is 7.65. The van der Waals surface area contributed by atoms with Gasteiger partial charge in [-0.3, -0.25) is 0 Å². The van der Waals surface area contributed by atoms with Crippen molar-refractivity contribution in [3.05, 3.63) is 28.8 Å². The predicted molar refractivity (Wildman–Crippen MR) is 60.1 cm³/mol. The van der Waals surface area contributed by atoms with Crippen molar-refractivity contribution in [3.8, 4) is 0 Å². The molecule has 1 fully saturated rings. The molecule has 15 heavy (non-hydrogen) atoms. The molecule has 0 spiro atoms. The van der Waals surface area contributed by atoms with Crippen LogP contribution in [0.4, 0.5) is 10.1 Å². The van der Waals surface area contributed by atoms with E-state index in [1.165, 1.54) is 0 Å². The number of hydrogen-bond acceptors (Lipinski definition) is 2. The van der Waals surface area contributed by atoms with Crippen LogP contribution in [0, 0.1) is 12.3 Å². The van der Waals surface area contributed by atoms with Crippen molar-refractivity contribution in [2.24, 2.45) is 0 Å². The van der Waals surface area contributed by atoms with Gasteiger partial charge >= 0.3 is 0 Å². The van der Waals surface area contributed by atoms with E-state index in [4.69, 9.17) is 11.1 Å². The molecule has 1 aliphatic rings. The van der Waals surface area contributed by atoms with E-state index in [2.05, 4.69) is 0 Å². The summed E-state index contributed by atoms with van der Waals surface area (Å²) in [4.78, 5) is 0. The molecule has 2 rings (SSSR count). The lowest BCUT2D eigenvalue weighted by molar-refractivity contribution is 0.317. The highest BCUT2D eigenvalue weighted by Gasteiger charge is 2.46. The Morgan fingerprint density at radius 1 is 1.47 bits per heavy atom. The van der Waals surface area contributed by atoms with Crippen LogP contribution in [0.2, 0.25) is 0 Å². The molecule has 1 aromatic carbocycles. The molecular weight excluding hydrogens is 191 g/mol. The molecule has 2 nitrogen and oxygen atoms in total. The van der Waals surface area contributed by atoms with Crippen LogP contribution >= 0.6 is 0 Å². The Labute approximate surface area is 88.8 Å². The second-order valence-corrected chi connectivity index (χ2v) is 4.37. The van der Waals surface area contributed by atoms with Crippen LogP contribution in [0.1, 0.15) is 36.5 Å². The highest BCUT2D eigenvalue weighted by atomic mass is 19.1. The molecule has 0 aliphatic heterocycles. The SMILES string of the molecule is CC(=N)c1c(N)cc(C)cc1C1(F)CC1. The zero-order valence-electron chi connectivity index (χ0n) is 9.02. The van der Waals surface area contributed by atoms with E-state index >= 15 is 0 Å². The molecule has 0 amide bonds. The minimum atomic E-state index is -1.22. The smallest absolute Gasteiger partial charge is 0.137 e. The fourth-order valence-electron chi connectivity index (χ4n) is 1.97. The molecule has 1 aromatic rings. The van der Waals surface area contributed by atoms with Crippen LogP contribution in [0.3, 0.4) is 0 Å². The van der Waals surface area contributed by atoms with E-state index in [1.807, 2.05) is 13.0 Å². The topological polar surface area (TPSA) is 49.9 Å². The Morgan fingerprint density at radius 3 is 2.53 bits per heavy atom. The second-order valence-electron chi connectivity index (χ2n) is 4.37. The Morgan fingerprint density at radius 2 is 2.07 bits per heavy atom. The maximum Gasteiger partial charge on any atom is 0.137 e. The van der Waals surface area contributed by atoms with Crippen molar-refractivity contribution >= 4 is 11.4 Å². The van der Waals surface area contributed by atoms with Gasteiger partial charge in [0.25, 0.3) is 0 Å². The molecule has 1 aliphatic carbocycles. The molecule has 0 aromatic heterocycles. The number of nitrogens with two attached hydrogens (primary N) is 1. The Balaban J connectivity index is 2.65. The number of nitrogens with one attached hydrogen (secondary N) is 1. The number of anilines is 1. The van der Waals surface area contributed by atoms with Gasteiger partial charge in [-0.15, -0.1) is 0 Å². The first-order chi connectivity index (χ1) is 6.94. The number of rotatable bonds is 2. The largest absolute Gasteiger partial charge is 0.398 e. The third-order valence-electron chi connectivity index (χ3n) is 2.86. The second kappa shape index (κ2) is 3.05. The van der Waals surface area contributed by atoms with E-state index in [0.717, 1.165) is 5.56 Å². The number of benzene rings is 1.